The summed E-state index contributed by atoms with van der Waals surface area (Å²) in [6.45, 7) is 0. The Bertz CT molecular complexity index is 906. The van der Waals surface area contributed by atoms with Crippen LogP contribution in [-0.2, 0) is 18.3 Å². The molecule has 1 N–H and O–H groups in total. The summed E-state index contributed by atoms with van der Waals surface area (Å²) in [6.07, 6.45) is 2.86. The number of nitrogens with zero attached hydrogens (tertiary/aromatic N) is 3. The molecule has 3 aromatic rings. The molecule has 1 fully saturated rings. The first-order chi connectivity index (χ1) is 13.2. The summed E-state index contributed by atoms with van der Waals surface area (Å²) in [4.78, 5) is 12.8. The Morgan fingerprint density at radius 3 is 2.44 bits per heavy atom. The highest BCUT2D eigenvalue weighted by Gasteiger charge is 2.30. The maximum atomic E-state index is 12.8. The minimum atomic E-state index is -0.334. The van der Waals surface area contributed by atoms with Crippen molar-refractivity contribution in [1.82, 2.24) is 20.1 Å². The lowest BCUT2D eigenvalue weighted by molar-refractivity contribution is -0.120. The average molecular weight is 379 g/mol. The third-order valence-electron chi connectivity index (χ3n) is 4.62. The van der Waals surface area contributed by atoms with Crippen LogP contribution in [0.5, 0.6) is 0 Å². The summed E-state index contributed by atoms with van der Waals surface area (Å²) >= 11 is 1.46. The van der Waals surface area contributed by atoms with Gasteiger partial charge in [0.2, 0.25) is 5.91 Å². The number of carbonyl (C=O) groups is 1. The molecule has 1 heterocycles. The van der Waals surface area contributed by atoms with Crippen LogP contribution in [0.4, 0.5) is 0 Å². The molecule has 0 bridgehead atoms. The molecular formula is C21H22N4OS. The van der Waals surface area contributed by atoms with E-state index < -0.39 is 0 Å². The summed E-state index contributed by atoms with van der Waals surface area (Å²) < 4.78 is 1.98. The van der Waals surface area contributed by atoms with Crippen molar-refractivity contribution in [3.63, 3.8) is 0 Å². The van der Waals surface area contributed by atoms with Crippen LogP contribution in [0.25, 0.3) is 0 Å². The van der Waals surface area contributed by atoms with Crippen LogP contribution in [0.15, 0.2) is 65.8 Å². The van der Waals surface area contributed by atoms with Gasteiger partial charge < -0.3 is 9.88 Å². The zero-order chi connectivity index (χ0) is 18.6. The molecule has 1 aliphatic rings. The Hall–Kier alpha value is -2.60. The van der Waals surface area contributed by atoms with Gasteiger partial charge in [0.25, 0.3) is 0 Å². The number of carbonyl (C=O) groups excluding carboxylic acids is 1. The number of aromatic nitrogens is 3. The van der Waals surface area contributed by atoms with Crippen LogP contribution in [0.2, 0.25) is 0 Å². The summed E-state index contributed by atoms with van der Waals surface area (Å²) in [5, 5.41) is 12.2. The fraction of sp³-hybridized carbons (Fsp3) is 0.286. The van der Waals surface area contributed by atoms with E-state index in [2.05, 4.69) is 27.6 Å². The van der Waals surface area contributed by atoms with Crippen LogP contribution in [-0.4, -0.2) is 26.7 Å². The lowest BCUT2D eigenvalue weighted by Gasteiger charge is -2.16. The molecule has 6 heteroatoms. The van der Waals surface area contributed by atoms with Crippen molar-refractivity contribution >= 4 is 17.7 Å². The molecule has 0 aliphatic heterocycles. The minimum absolute atomic E-state index is 0.0429. The highest BCUT2D eigenvalue weighted by atomic mass is 32.2. The molecule has 1 aromatic heterocycles. The van der Waals surface area contributed by atoms with E-state index in [-0.39, 0.29) is 11.2 Å². The quantitative estimate of drug-likeness (QED) is 0.639. The molecule has 0 radical (unpaired) electrons. The predicted octanol–water partition coefficient (Wildman–Crippen LogP) is 3.52. The van der Waals surface area contributed by atoms with E-state index >= 15 is 0 Å². The summed E-state index contributed by atoms with van der Waals surface area (Å²) in [5.41, 5.74) is 2.17. The van der Waals surface area contributed by atoms with Gasteiger partial charge in [-0.05, 0) is 24.0 Å². The second kappa shape index (κ2) is 7.96. The monoisotopic (exact) mass is 378 g/mol. The van der Waals surface area contributed by atoms with E-state index in [9.17, 15) is 4.79 Å². The Morgan fingerprint density at radius 1 is 1.11 bits per heavy atom. The third-order valence-corrected chi connectivity index (χ3v) is 5.91. The van der Waals surface area contributed by atoms with Gasteiger partial charge in [0, 0.05) is 19.5 Å². The Kier molecular flexibility index (Phi) is 5.25. The molecule has 1 aliphatic carbocycles. The maximum Gasteiger partial charge on any atom is 0.238 e. The summed E-state index contributed by atoms with van der Waals surface area (Å²) in [6, 6.07) is 20.4. The second-order valence-corrected chi connectivity index (χ2v) is 7.88. The van der Waals surface area contributed by atoms with Gasteiger partial charge in [0.1, 0.15) is 11.1 Å². The van der Waals surface area contributed by atoms with Gasteiger partial charge in [-0.1, -0.05) is 72.4 Å². The Labute approximate surface area is 163 Å². The first kappa shape index (κ1) is 17.8. The van der Waals surface area contributed by atoms with Crippen molar-refractivity contribution in [3.8, 4) is 0 Å². The van der Waals surface area contributed by atoms with Gasteiger partial charge in [-0.25, -0.2) is 0 Å². The van der Waals surface area contributed by atoms with Crippen molar-refractivity contribution in [2.45, 2.75) is 35.7 Å². The molecule has 4 rings (SSSR count). The van der Waals surface area contributed by atoms with Gasteiger partial charge in [-0.15, -0.1) is 10.2 Å². The first-order valence-electron chi connectivity index (χ1n) is 9.15. The predicted molar refractivity (Wildman–Crippen MR) is 106 cm³/mol. The number of hydrogen-bond acceptors (Lipinski definition) is 4. The zero-order valence-corrected chi connectivity index (χ0v) is 16.0. The number of thioether (sulfide) groups is 1. The van der Waals surface area contributed by atoms with Gasteiger partial charge >= 0.3 is 0 Å². The van der Waals surface area contributed by atoms with E-state index in [0.29, 0.717) is 6.04 Å². The van der Waals surface area contributed by atoms with E-state index in [1.807, 2.05) is 60.1 Å². The Balaban J connectivity index is 1.55. The number of benzene rings is 2. The highest BCUT2D eigenvalue weighted by molar-refractivity contribution is 8.00. The normalized spacial score (nSPS) is 14.7. The fourth-order valence-corrected chi connectivity index (χ4v) is 3.92. The largest absolute Gasteiger partial charge is 0.352 e. The van der Waals surface area contributed by atoms with Gasteiger partial charge in [0.15, 0.2) is 5.16 Å². The van der Waals surface area contributed by atoms with E-state index in [1.54, 1.807) is 0 Å². The van der Waals surface area contributed by atoms with Gasteiger partial charge in [0.05, 0.1) is 0 Å². The molecule has 0 unspecified atom stereocenters. The SMILES string of the molecule is Cn1c(Cc2ccccc2)nnc1S[C@H](C(=O)NC1CC1)c1ccccc1. The van der Waals surface area contributed by atoms with Crippen molar-refractivity contribution in [2.24, 2.45) is 7.05 Å². The topological polar surface area (TPSA) is 59.8 Å². The smallest absolute Gasteiger partial charge is 0.238 e. The molecule has 1 saturated carbocycles. The van der Waals surface area contributed by atoms with Gasteiger partial charge in [-0.2, -0.15) is 0 Å². The first-order valence-corrected chi connectivity index (χ1v) is 10.0. The number of nitrogens with one attached hydrogen (secondary N) is 1. The minimum Gasteiger partial charge on any atom is -0.352 e. The second-order valence-electron chi connectivity index (χ2n) is 6.81. The lowest BCUT2D eigenvalue weighted by Crippen LogP contribution is -2.29. The number of amides is 1. The standard InChI is InChI=1S/C21H22N4OS/c1-25-18(14-15-8-4-2-5-9-15)23-24-21(25)27-19(16-10-6-3-7-11-16)20(26)22-17-12-13-17/h2-11,17,19H,12-14H2,1H3,(H,22,26)/t19-/m0/s1. The Morgan fingerprint density at radius 2 is 1.78 bits per heavy atom. The molecule has 2 aromatic carbocycles. The summed E-state index contributed by atoms with van der Waals surface area (Å²) in [7, 11) is 1.96. The molecular weight excluding hydrogens is 356 g/mol. The van der Waals surface area contributed by atoms with Crippen molar-refractivity contribution in [3.05, 3.63) is 77.6 Å². The van der Waals surface area contributed by atoms with Crippen LogP contribution in [0.1, 0.15) is 35.0 Å². The zero-order valence-electron chi connectivity index (χ0n) is 15.2. The number of hydrogen-bond donors (Lipinski definition) is 1. The van der Waals surface area contributed by atoms with E-state index in [4.69, 9.17) is 0 Å². The molecule has 27 heavy (non-hydrogen) atoms. The molecule has 138 valence electrons. The van der Waals surface area contributed by atoms with Gasteiger partial charge in [-0.3, -0.25) is 4.79 Å². The van der Waals surface area contributed by atoms with Crippen LogP contribution < -0.4 is 5.32 Å². The fourth-order valence-electron chi connectivity index (χ4n) is 2.89. The van der Waals surface area contributed by atoms with Crippen molar-refractivity contribution < 1.29 is 4.79 Å². The van der Waals surface area contributed by atoms with Crippen molar-refractivity contribution in [2.75, 3.05) is 0 Å². The van der Waals surface area contributed by atoms with E-state index in [0.717, 1.165) is 35.8 Å². The van der Waals surface area contributed by atoms with E-state index in [1.165, 1.54) is 17.3 Å². The van der Waals surface area contributed by atoms with Crippen LogP contribution in [0, 0.1) is 0 Å². The summed E-state index contributed by atoms with van der Waals surface area (Å²) in [5.74, 6) is 0.930. The average Bonchev–Trinajstić information content (AvgIpc) is 3.45. The third kappa shape index (κ3) is 4.39. The maximum absolute atomic E-state index is 12.8. The van der Waals surface area contributed by atoms with Crippen LogP contribution in [0.3, 0.4) is 0 Å². The van der Waals surface area contributed by atoms with Crippen molar-refractivity contribution in [1.29, 1.82) is 0 Å². The molecule has 5 nitrogen and oxygen atoms in total. The number of rotatable bonds is 7. The molecule has 1 atom stereocenters. The molecule has 0 spiro atoms. The lowest BCUT2D eigenvalue weighted by atomic mass is 10.1. The molecule has 0 saturated heterocycles. The molecule has 1 amide bonds. The highest BCUT2D eigenvalue weighted by Crippen LogP contribution is 2.35. The van der Waals surface area contributed by atoms with Crippen LogP contribution >= 0.6 is 11.8 Å².